The lowest BCUT2D eigenvalue weighted by atomic mass is 9.97. The Hall–Kier alpha value is -5.44. The summed E-state index contributed by atoms with van der Waals surface area (Å²) in [7, 11) is 0. The third-order valence-electron chi connectivity index (χ3n) is 8.82. The first-order chi connectivity index (χ1) is 29.0. The van der Waals surface area contributed by atoms with Crippen LogP contribution in [0.5, 0.6) is 0 Å². The van der Waals surface area contributed by atoms with Gasteiger partial charge in [-0.15, -0.1) is 0 Å². The number of hydrogen-bond donors (Lipinski definition) is 5. The summed E-state index contributed by atoms with van der Waals surface area (Å²) in [6.45, 7) is 6.84. The summed E-state index contributed by atoms with van der Waals surface area (Å²) in [5, 5.41) is 31.7. The van der Waals surface area contributed by atoms with Crippen molar-refractivity contribution >= 4 is 58.6 Å². The van der Waals surface area contributed by atoms with E-state index in [0.29, 0.717) is 22.9 Å². The van der Waals surface area contributed by atoms with E-state index in [1.54, 1.807) is 26.8 Å². The first-order valence-electron chi connectivity index (χ1n) is 19.8. The molecule has 13 nitrogen and oxygen atoms in total. The summed E-state index contributed by atoms with van der Waals surface area (Å²) in [5.74, 6) is -4.74. The smallest absolute Gasteiger partial charge is 0.372 e. The van der Waals surface area contributed by atoms with Gasteiger partial charge in [-0.3, -0.25) is 14.4 Å². The number of hydrogen-bond acceptors (Lipinski definition) is 11. The van der Waals surface area contributed by atoms with Gasteiger partial charge in [-0.05, 0) is 90.8 Å². The monoisotopic (exact) mass is 880 g/mol. The van der Waals surface area contributed by atoms with E-state index in [1.807, 2.05) is 91.0 Å². The maximum atomic E-state index is 12.1. The molecular weight excluding hydrogens is 827 g/mol. The summed E-state index contributed by atoms with van der Waals surface area (Å²) >= 11 is 12.1. The van der Waals surface area contributed by atoms with Crippen LogP contribution in [0.25, 0.3) is 22.3 Å². The van der Waals surface area contributed by atoms with Crippen LogP contribution in [-0.2, 0) is 51.1 Å². The quantitative estimate of drug-likeness (QED) is 0.0499. The number of nitrogens with two attached hydrogens (primary N) is 1. The molecule has 0 aromatic heterocycles. The number of aliphatic hydroxyl groups is 2. The third kappa shape index (κ3) is 19.2. The molecule has 4 atom stereocenters. The Morgan fingerprint density at radius 1 is 0.607 bits per heavy atom. The van der Waals surface area contributed by atoms with Crippen LogP contribution < -0.4 is 11.1 Å². The largest absolute Gasteiger partial charge is 0.476 e. The van der Waals surface area contributed by atoms with Crippen molar-refractivity contribution in [2.45, 2.75) is 90.5 Å². The number of Topliss-reactive ketones (excluding diaryl/α,β-unsaturated/α-hetero) is 2. The summed E-state index contributed by atoms with van der Waals surface area (Å²) in [6.07, 6.45) is -1.38. The number of aliphatic hydroxyl groups excluding tert-OH is 2. The van der Waals surface area contributed by atoms with E-state index in [2.05, 4.69) is 5.32 Å². The number of aliphatic carboxylic acids is 1. The van der Waals surface area contributed by atoms with Gasteiger partial charge in [0.1, 0.15) is 0 Å². The zero-order chi connectivity index (χ0) is 45.5. The number of ketones is 2. The van der Waals surface area contributed by atoms with Gasteiger partial charge in [-0.2, -0.15) is 0 Å². The highest BCUT2D eigenvalue weighted by Crippen LogP contribution is 2.25. The second kappa shape index (κ2) is 27.4. The lowest BCUT2D eigenvalue weighted by molar-refractivity contribution is -0.154. The lowest BCUT2D eigenvalue weighted by Gasteiger charge is -2.21. The normalized spacial score (nSPS) is 12.4. The van der Waals surface area contributed by atoms with Crippen LogP contribution in [-0.4, -0.2) is 88.2 Å². The third-order valence-corrected chi connectivity index (χ3v) is 9.29. The first-order valence-corrected chi connectivity index (χ1v) is 20.5. The highest BCUT2D eigenvalue weighted by molar-refractivity contribution is 6.36. The van der Waals surface area contributed by atoms with Gasteiger partial charge in [0.15, 0.2) is 12.2 Å². The van der Waals surface area contributed by atoms with Gasteiger partial charge < -0.3 is 35.8 Å². The number of halogens is 2. The molecule has 0 fully saturated rings. The number of amides is 1. The van der Waals surface area contributed by atoms with E-state index in [0.717, 1.165) is 33.4 Å². The summed E-state index contributed by atoms with van der Waals surface area (Å²) in [5.41, 5.74) is 12.0. The molecule has 328 valence electrons. The molecule has 0 spiro atoms. The van der Waals surface area contributed by atoms with Crippen molar-refractivity contribution in [3.05, 3.63) is 118 Å². The molecule has 0 aliphatic heterocycles. The number of carboxylic acids is 1. The van der Waals surface area contributed by atoms with Gasteiger partial charge in [0, 0.05) is 41.4 Å². The van der Waals surface area contributed by atoms with E-state index < -0.39 is 53.6 Å². The fraction of sp³-hybridized carbons (Fsp3) is 0.348. The minimum absolute atomic E-state index is 0.0579. The van der Waals surface area contributed by atoms with E-state index in [1.165, 1.54) is 6.92 Å². The highest BCUT2D eigenvalue weighted by Gasteiger charge is 2.25. The Morgan fingerprint density at radius 3 is 1.41 bits per heavy atom. The molecule has 4 aromatic carbocycles. The van der Waals surface area contributed by atoms with Crippen molar-refractivity contribution in [3.63, 3.8) is 0 Å². The number of carboxylic acid groups (broad SMARTS) is 1. The Bertz CT molecular complexity index is 2040. The van der Waals surface area contributed by atoms with Crippen molar-refractivity contribution in [2.75, 3.05) is 13.2 Å². The number of esters is 2. The average molecular weight is 882 g/mol. The molecule has 0 heterocycles. The second-order valence-corrected chi connectivity index (χ2v) is 14.5. The number of rotatable bonds is 19. The van der Waals surface area contributed by atoms with Crippen LogP contribution in [0.4, 0.5) is 0 Å². The number of nitrogens with one attached hydrogen (secondary N) is 1. The Kier molecular flexibility index (Phi) is 23.2. The van der Waals surface area contributed by atoms with Gasteiger partial charge in [0.05, 0.1) is 13.2 Å². The van der Waals surface area contributed by atoms with E-state index in [-0.39, 0.29) is 44.9 Å². The molecule has 0 radical (unpaired) electrons. The summed E-state index contributed by atoms with van der Waals surface area (Å²) in [6, 6.07) is 29.9. The molecule has 1 amide bonds. The molecule has 0 aliphatic rings. The minimum atomic E-state index is -1.39. The molecule has 0 bridgehead atoms. The van der Waals surface area contributed by atoms with Crippen LogP contribution in [0.2, 0.25) is 10.0 Å². The van der Waals surface area contributed by atoms with E-state index in [9.17, 15) is 39.0 Å². The van der Waals surface area contributed by atoms with Crippen LogP contribution >= 0.6 is 23.2 Å². The maximum absolute atomic E-state index is 12.1. The van der Waals surface area contributed by atoms with Gasteiger partial charge in [-0.25, -0.2) is 14.4 Å². The highest BCUT2D eigenvalue weighted by atomic mass is 35.5. The van der Waals surface area contributed by atoms with Gasteiger partial charge in [0.2, 0.25) is 11.6 Å². The fourth-order valence-corrected chi connectivity index (χ4v) is 6.05. The molecule has 4 rings (SSSR count). The SMILES string of the molecule is CCC(=O)C(=O)O.CCOC(=O)[C@H](O)C[C@@H](Cc1ccc(-c2cccc(Cl)c2)cc1)NC(=O)C(=O)CC.CCOC(=O)[C@H](O)C[C@H](N)Cc1ccc(-c2cccc(Cl)c2)cc1. The molecule has 0 saturated heterocycles. The molecule has 6 N–H and O–H groups in total. The van der Waals surface area contributed by atoms with Gasteiger partial charge >= 0.3 is 17.9 Å². The van der Waals surface area contributed by atoms with Crippen molar-refractivity contribution in [3.8, 4) is 22.3 Å². The molecule has 61 heavy (non-hydrogen) atoms. The Morgan fingerprint density at radius 2 is 1.03 bits per heavy atom. The van der Waals surface area contributed by atoms with Crippen LogP contribution in [0.1, 0.15) is 64.5 Å². The van der Waals surface area contributed by atoms with E-state index in [4.69, 9.17) is 43.5 Å². The van der Waals surface area contributed by atoms with Crippen molar-refractivity contribution in [2.24, 2.45) is 5.73 Å². The van der Waals surface area contributed by atoms with Crippen molar-refractivity contribution in [1.29, 1.82) is 0 Å². The molecular formula is C46H54Cl2N2O11. The predicted molar refractivity (Wildman–Crippen MR) is 234 cm³/mol. The molecule has 4 aromatic rings. The lowest BCUT2D eigenvalue weighted by Crippen LogP contribution is -2.43. The molecule has 15 heteroatoms. The number of carbonyl (C=O) groups is 6. The average Bonchev–Trinajstić information content (AvgIpc) is 3.24. The second-order valence-electron chi connectivity index (χ2n) is 13.6. The minimum Gasteiger partial charge on any atom is -0.476 e. The molecule has 0 saturated carbocycles. The number of carbonyl (C=O) groups excluding carboxylic acids is 5. The Balaban J connectivity index is 0.000000369. The van der Waals surface area contributed by atoms with Crippen molar-refractivity contribution in [1.82, 2.24) is 5.32 Å². The maximum Gasteiger partial charge on any atom is 0.372 e. The molecule has 0 aliphatic carbocycles. The fourth-order valence-electron chi connectivity index (χ4n) is 5.67. The summed E-state index contributed by atoms with van der Waals surface area (Å²) < 4.78 is 9.60. The van der Waals surface area contributed by atoms with E-state index >= 15 is 0 Å². The zero-order valence-electron chi connectivity index (χ0n) is 34.6. The van der Waals surface area contributed by atoms with Crippen LogP contribution in [0.3, 0.4) is 0 Å². The summed E-state index contributed by atoms with van der Waals surface area (Å²) in [4.78, 5) is 66.4. The van der Waals surface area contributed by atoms with Gasteiger partial charge in [0.25, 0.3) is 5.91 Å². The number of ether oxygens (including phenoxy) is 2. The van der Waals surface area contributed by atoms with Gasteiger partial charge in [-0.1, -0.05) is 110 Å². The predicted octanol–water partition coefficient (Wildman–Crippen LogP) is 6.57. The zero-order valence-corrected chi connectivity index (χ0v) is 36.2. The Labute approximate surface area is 366 Å². The number of benzene rings is 4. The topological polar surface area (TPSA) is 220 Å². The first kappa shape index (κ1) is 51.7. The van der Waals surface area contributed by atoms with Crippen LogP contribution in [0.15, 0.2) is 97.1 Å². The van der Waals surface area contributed by atoms with Crippen molar-refractivity contribution < 1.29 is 53.6 Å². The molecule has 0 unspecified atom stereocenters. The standard InChI is InChI=1S/C23H26ClNO5.C19H22ClNO3.C4H6O3/c1-3-20(26)22(28)25-19(14-21(27)23(29)30-4-2)12-15-8-10-16(11-9-15)17-6-5-7-18(24)13-17;1-2-24-19(23)18(22)12-17(21)10-13-6-8-14(9-7-13)15-4-3-5-16(20)11-15;1-2-3(5)4(6)7/h5-11,13,19,21,27H,3-4,12,14H2,1-2H3,(H,25,28);3-9,11,17-18,22H,2,10,12,21H2,1H3;2H2,1H3,(H,6,7)/t19-,21-;17-,18-;/m11./s1. The van der Waals surface area contributed by atoms with Crippen LogP contribution in [0, 0.1) is 0 Å².